The third-order valence-corrected chi connectivity index (χ3v) is 1.54. The quantitative estimate of drug-likeness (QED) is 0.564. The van der Waals surface area contributed by atoms with E-state index in [4.69, 9.17) is 10.2 Å². The first-order valence-electron chi connectivity index (χ1n) is 3.81. The fourth-order valence-electron chi connectivity index (χ4n) is 0.932. The maximum absolute atomic E-state index is 10.5. The molecule has 0 saturated carbocycles. The summed E-state index contributed by atoms with van der Waals surface area (Å²) in [6, 6.07) is 3.97. The normalized spacial score (nSPS) is 8.93. The van der Waals surface area contributed by atoms with Crippen molar-refractivity contribution >= 4 is 5.97 Å². The zero-order chi connectivity index (χ0) is 10.6. The van der Waals surface area contributed by atoms with E-state index in [1.807, 2.05) is 0 Å². The molecule has 0 aliphatic carbocycles. The van der Waals surface area contributed by atoms with E-state index >= 15 is 0 Å². The summed E-state index contributed by atoms with van der Waals surface area (Å²) in [7, 11) is 0. The van der Waals surface area contributed by atoms with E-state index in [1.54, 1.807) is 0 Å². The number of hydrogen-bond donors (Lipinski definition) is 3. The van der Waals surface area contributed by atoms with Crippen molar-refractivity contribution in [1.29, 1.82) is 0 Å². The van der Waals surface area contributed by atoms with Gasteiger partial charge < -0.3 is 15.3 Å². The second-order valence-electron chi connectivity index (χ2n) is 2.50. The van der Waals surface area contributed by atoms with Crippen LogP contribution < -0.4 is 0 Å². The van der Waals surface area contributed by atoms with Gasteiger partial charge in [0.1, 0.15) is 17.9 Å². The van der Waals surface area contributed by atoms with Crippen LogP contribution in [0.15, 0.2) is 18.2 Å². The Morgan fingerprint density at radius 1 is 1.43 bits per heavy atom. The fraction of sp³-hybridized carbons (Fsp3) is 0.100. The first-order valence-corrected chi connectivity index (χ1v) is 3.81. The monoisotopic (exact) mass is 192 g/mol. The van der Waals surface area contributed by atoms with Gasteiger partial charge in [-0.3, -0.25) is 0 Å². The number of aromatic hydroxyl groups is 1. The summed E-state index contributed by atoms with van der Waals surface area (Å²) in [4.78, 5) is 10.5. The van der Waals surface area contributed by atoms with Crippen LogP contribution in [0.2, 0.25) is 0 Å². The molecule has 72 valence electrons. The lowest BCUT2D eigenvalue weighted by molar-refractivity contribution is 0.0694. The average molecular weight is 192 g/mol. The second kappa shape index (κ2) is 4.30. The van der Waals surface area contributed by atoms with Gasteiger partial charge in [-0.05, 0) is 18.2 Å². The number of rotatable bonds is 1. The Hall–Kier alpha value is -1.99. The Labute approximate surface area is 80.4 Å². The predicted octanol–water partition coefficient (Wildman–Crippen LogP) is 0.434. The zero-order valence-corrected chi connectivity index (χ0v) is 7.19. The maximum atomic E-state index is 10.5. The highest BCUT2D eigenvalue weighted by Crippen LogP contribution is 2.17. The van der Waals surface area contributed by atoms with Gasteiger partial charge in [-0.1, -0.05) is 11.8 Å². The van der Waals surface area contributed by atoms with Crippen LogP contribution in [0.25, 0.3) is 0 Å². The van der Waals surface area contributed by atoms with E-state index in [9.17, 15) is 9.90 Å². The van der Waals surface area contributed by atoms with E-state index in [0.717, 1.165) is 0 Å². The molecule has 0 radical (unpaired) electrons. The van der Waals surface area contributed by atoms with Crippen LogP contribution in [-0.4, -0.2) is 27.9 Å². The van der Waals surface area contributed by atoms with Crippen molar-refractivity contribution in [2.45, 2.75) is 0 Å². The Balaban J connectivity index is 3.06. The molecule has 0 heterocycles. The van der Waals surface area contributed by atoms with Crippen molar-refractivity contribution in [1.82, 2.24) is 0 Å². The molecule has 0 bridgehead atoms. The summed E-state index contributed by atoms with van der Waals surface area (Å²) in [5.41, 5.74) is 0.293. The first-order chi connectivity index (χ1) is 6.65. The molecule has 1 aromatic carbocycles. The van der Waals surface area contributed by atoms with Gasteiger partial charge in [-0.15, -0.1) is 0 Å². The summed E-state index contributed by atoms with van der Waals surface area (Å²) in [6.07, 6.45) is 0. The zero-order valence-electron chi connectivity index (χ0n) is 7.19. The average Bonchev–Trinajstić information content (AvgIpc) is 2.14. The standard InChI is InChI=1S/C10H8O4/c11-5-1-2-7-3-4-8(10(13)14)9(12)6-7/h3-4,6,11-12H,5H2,(H,13,14). The van der Waals surface area contributed by atoms with Gasteiger partial charge in [0.25, 0.3) is 0 Å². The summed E-state index contributed by atoms with van der Waals surface area (Å²) >= 11 is 0. The van der Waals surface area contributed by atoms with E-state index in [-0.39, 0.29) is 17.9 Å². The number of carbonyl (C=O) groups is 1. The minimum Gasteiger partial charge on any atom is -0.507 e. The van der Waals surface area contributed by atoms with Crippen LogP contribution in [0.5, 0.6) is 5.75 Å². The molecule has 4 heteroatoms. The van der Waals surface area contributed by atoms with Crippen LogP contribution in [0.3, 0.4) is 0 Å². The van der Waals surface area contributed by atoms with E-state index in [2.05, 4.69) is 11.8 Å². The van der Waals surface area contributed by atoms with Crippen molar-refractivity contribution in [2.75, 3.05) is 6.61 Å². The minimum absolute atomic E-state index is 0.167. The third kappa shape index (κ3) is 2.25. The predicted molar refractivity (Wildman–Crippen MR) is 49.0 cm³/mol. The van der Waals surface area contributed by atoms with Crippen LogP contribution >= 0.6 is 0 Å². The number of aliphatic hydroxyl groups excluding tert-OH is 1. The SMILES string of the molecule is O=C(O)c1ccc(C#CCO)cc1O. The smallest absolute Gasteiger partial charge is 0.339 e. The van der Waals surface area contributed by atoms with E-state index < -0.39 is 5.97 Å². The first kappa shape index (κ1) is 10.1. The molecule has 0 amide bonds. The number of hydrogen-bond acceptors (Lipinski definition) is 3. The molecule has 1 aromatic rings. The number of phenols is 1. The molecule has 0 aromatic heterocycles. The largest absolute Gasteiger partial charge is 0.507 e. The van der Waals surface area contributed by atoms with Gasteiger partial charge in [-0.25, -0.2) is 4.79 Å². The summed E-state index contributed by atoms with van der Waals surface area (Å²) in [5.74, 6) is 3.41. The molecule has 14 heavy (non-hydrogen) atoms. The van der Waals surface area contributed by atoms with Gasteiger partial charge in [0.05, 0.1) is 0 Å². The highest BCUT2D eigenvalue weighted by molar-refractivity contribution is 5.90. The van der Waals surface area contributed by atoms with Gasteiger partial charge in [0.15, 0.2) is 0 Å². The minimum atomic E-state index is -1.19. The number of carboxylic acids is 1. The molecule has 0 aliphatic rings. The lowest BCUT2D eigenvalue weighted by Gasteiger charge is -1.98. The molecule has 0 saturated heterocycles. The highest BCUT2D eigenvalue weighted by atomic mass is 16.4. The lowest BCUT2D eigenvalue weighted by Crippen LogP contribution is -1.96. The van der Waals surface area contributed by atoms with Crippen molar-refractivity contribution in [2.24, 2.45) is 0 Å². The molecule has 0 fully saturated rings. The maximum Gasteiger partial charge on any atom is 0.339 e. The van der Waals surface area contributed by atoms with Crippen LogP contribution in [-0.2, 0) is 0 Å². The highest BCUT2D eigenvalue weighted by Gasteiger charge is 2.08. The third-order valence-electron chi connectivity index (χ3n) is 1.54. The molecule has 4 nitrogen and oxygen atoms in total. The summed E-state index contributed by atoms with van der Waals surface area (Å²) in [6.45, 7) is -0.276. The number of aromatic carboxylic acids is 1. The van der Waals surface area contributed by atoms with E-state index in [1.165, 1.54) is 18.2 Å². The molecule has 3 N–H and O–H groups in total. The molecule has 0 atom stereocenters. The topological polar surface area (TPSA) is 77.8 Å². The molecule has 0 spiro atoms. The van der Waals surface area contributed by atoms with Gasteiger partial charge in [-0.2, -0.15) is 0 Å². The van der Waals surface area contributed by atoms with Crippen molar-refractivity contribution < 1.29 is 20.1 Å². The molecular weight excluding hydrogens is 184 g/mol. The van der Waals surface area contributed by atoms with Crippen molar-refractivity contribution in [3.8, 4) is 17.6 Å². The summed E-state index contributed by atoms with van der Waals surface area (Å²) < 4.78 is 0. The fourth-order valence-corrected chi connectivity index (χ4v) is 0.932. The van der Waals surface area contributed by atoms with Gasteiger partial charge in [0.2, 0.25) is 0 Å². The molecule has 1 rings (SSSR count). The Morgan fingerprint density at radius 2 is 2.14 bits per heavy atom. The second-order valence-corrected chi connectivity index (χ2v) is 2.50. The number of benzene rings is 1. The molecule has 0 aliphatic heterocycles. The van der Waals surface area contributed by atoms with E-state index in [0.29, 0.717) is 5.56 Å². The van der Waals surface area contributed by atoms with Crippen molar-refractivity contribution in [3.63, 3.8) is 0 Å². The Kier molecular flexibility index (Phi) is 3.10. The Morgan fingerprint density at radius 3 is 2.64 bits per heavy atom. The van der Waals surface area contributed by atoms with Crippen LogP contribution in [0.1, 0.15) is 15.9 Å². The summed E-state index contributed by atoms with van der Waals surface area (Å²) in [5, 5.41) is 26.3. The number of carboxylic acid groups (broad SMARTS) is 1. The lowest BCUT2D eigenvalue weighted by atomic mass is 10.1. The molecular formula is C10H8O4. The van der Waals surface area contributed by atoms with Gasteiger partial charge >= 0.3 is 5.97 Å². The number of aliphatic hydroxyl groups is 1. The Bertz CT molecular complexity index is 412. The van der Waals surface area contributed by atoms with Crippen LogP contribution in [0.4, 0.5) is 0 Å². The molecule has 0 unspecified atom stereocenters. The van der Waals surface area contributed by atoms with Gasteiger partial charge in [0, 0.05) is 5.56 Å². The van der Waals surface area contributed by atoms with Crippen molar-refractivity contribution in [3.05, 3.63) is 29.3 Å². The van der Waals surface area contributed by atoms with Crippen LogP contribution in [0, 0.1) is 11.8 Å².